The van der Waals surface area contributed by atoms with E-state index in [2.05, 4.69) is 19.1 Å². The molecule has 0 atom stereocenters. The zero-order valence-corrected chi connectivity index (χ0v) is 22.3. The number of hydrogen-bond acceptors (Lipinski definition) is 4. The van der Waals surface area contributed by atoms with E-state index in [0.29, 0.717) is 6.42 Å². The van der Waals surface area contributed by atoms with E-state index in [1.165, 1.54) is 108 Å². The van der Waals surface area contributed by atoms with Crippen LogP contribution in [0.3, 0.4) is 0 Å². The number of carbonyl (C=O) groups is 3. The van der Waals surface area contributed by atoms with E-state index >= 15 is 0 Å². The smallest absolute Gasteiger partial charge is 0.303 e. The first-order valence-corrected chi connectivity index (χ1v) is 14.0. The average molecular weight is 502 g/mol. The SMILES string of the molecule is CCCCCCCC/C=C\CCCCCCCCCCCC(=O)O.O=C1c2ccccc2C(=O)N1O. The minimum Gasteiger partial charge on any atom is -0.481 e. The monoisotopic (exact) mass is 501 g/mol. The number of fused-ring (bicyclic) bond motifs is 1. The quantitative estimate of drug-likeness (QED) is 0.0859. The molecule has 0 spiro atoms. The highest BCUT2D eigenvalue weighted by Crippen LogP contribution is 2.20. The third-order valence-electron chi connectivity index (χ3n) is 6.43. The van der Waals surface area contributed by atoms with E-state index in [1.807, 2.05) is 0 Å². The average Bonchev–Trinajstić information content (AvgIpc) is 3.10. The van der Waals surface area contributed by atoms with Gasteiger partial charge in [-0.3, -0.25) is 19.6 Å². The van der Waals surface area contributed by atoms with Crippen molar-refractivity contribution >= 4 is 17.8 Å². The van der Waals surface area contributed by atoms with E-state index in [0.717, 1.165) is 12.8 Å². The largest absolute Gasteiger partial charge is 0.481 e. The minimum atomic E-state index is -0.657. The molecule has 2 rings (SSSR count). The number of aliphatic carboxylic acids is 1. The van der Waals surface area contributed by atoms with Gasteiger partial charge in [-0.1, -0.05) is 108 Å². The summed E-state index contributed by atoms with van der Waals surface area (Å²) in [4.78, 5) is 32.5. The third kappa shape index (κ3) is 14.2. The molecule has 1 aromatic carbocycles. The molecular formula is C30H47NO5. The summed E-state index contributed by atoms with van der Waals surface area (Å²) in [6, 6.07) is 6.30. The fourth-order valence-corrected chi connectivity index (χ4v) is 4.23. The zero-order chi connectivity index (χ0) is 26.4. The minimum absolute atomic E-state index is 0.130. The number of unbranched alkanes of at least 4 members (excludes halogenated alkanes) is 15. The summed E-state index contributed by atoms with van der Waals surface area (Å²) in [7, 11) is 0. The predicted octanol–water partition coefficient (Wildman–Crippen LogP) is 8.34. The lowest BCUT2D eigenvalue weighted by Crippen LogP contribution is -2.25. The number of carboxylic acid groups (broad SMARTS) is 1. The van der Waals surface area contributed by atoms with Gasteiger partial charge in [0.05, 0.1) is 11.1 Å². The zero-order valence-electron chi connectivity index (χ0n) is 22.3. The first-order valence-electron chi connectivity index (χ1n) is 14.0. The molecule has 0 radical (unpaired) electrons. The van der Waals surface area contributed by atoms with E-state index in [9.17, 15) is 14.4 Å². The molecule has 1 heterocycles. The standard InChI is InChI=1S/C22H42O2.C8H5NO3/c1-2-3-4-5-6-7-8-9-10-11-12-13-14-15-16-17-18-19-20-21-22(23)24;10-7-5-3-1-2-4-6(5)8(11)9(7)12/h9-10H,2-8,11-21H2,1H3,(H,23,24);1-4,12H/b10-9-;. The molecule has 36 heavy (non-hydrogen) atoms. The summed E-state index contributed by atoms with van der Waals surface area (Å²) in [6.45, 7) is 2.27. The van der Waals surface area contributed by atoms with Crippen molar-refractivity contribution in [2.75, 3.05) is 0 Å². The highest BCUT2D eigenvalue weighted by molar-refractivity contribution is 6.20. The summed E-state index contributed by atoms with van der Waals surface area (Å²) in [6.07, 6.45) is 27.1. The lowest BCUT2D eigenvalue weighted by Gasteiger charge is -2.01. The molecule has 2 amide bonds. The number of nitrogens with zero attached hydrogens (tertiary/aromatic N) is 1. The van der Waals surface area contributed by atoms with Gasteiger partial charge in [0, 0.05) is 6.42 Å². The van der Waals surface area contributed by atoms with Crippen molar-refractivity contribution in [1.82, 2.24) is 5.06 Å². The Hall–Kier alpha value is -2.47. The van der Waals surface area contributed by atoms with Crippen molar-refractivity contribution in [2.24, 2.45) is 0 Å². The molecular weight excluding hydrogens is 454 g/mol. The Morgan fingerprint density at radius 1 is 0.694 bits per heavy atom. The highest BCUT2D eigenvalue weighted by atomic mass is 16.5. The van der Waals surface area contributed by atoms with Gasteiger partial charge in [-0.05, 0) is 44.2 Å². The molecule has 0 saturated heterocycles. The maximum Gasteiger partial charge on any atom is 0.303 e. The van der Waals surface area contributed by atoms with Gasteiger partial charge < -0.3 is 5.11 Å². The molecule has 2 N–H and O–H groups in total. The summed E-state index contributed by atoms with van der Waals surface area (Å²) in [5, 5.41) is 17.6. The topological polar surface area (TPSA) is 94.9 Å². The molecule has 6 nitrogen and oxygen atoms in total. The molecule has 6 heteroatoms. The van der Waals surface area contributed by atoms with Crippen molar-refractivity contribution < 1.29 is 24.7 Å². The van der Waals surface area contributed by atoms with Crippen LogP contribution in [0.25, 0.3) is 0 Å². The lowest BCUT2D eigenvalue weighted by atomic mass is 10.1. The second-order valence-electron chi connectivity index (χ2n) is 9.61. The van der Waals surface area contributed by atoms with Gasteiger partial charge in [0.2, 0.25) is 0 Å². The van der Waals surface area contributed by atoms with Crippen LogP contribution in [0.5, 0.6) is 0 Å². The van der Waals surface area contributed by atoms with Crippen molar-refractivity contribution in [2.45, 2.75) is 122 Å². The Morgan fingerprint density at radius 2 is 1.08 bits per heavy atom. The van der Waals surface area contributed by atoms with Gasteiger partial charge in [0.25, 0.3) is 11.8 Å². The maximum absolute atomic E-state index is 11.1. The molecule has 0 aliphatic carbocycles. The number of allylic oxidation sites excluding steroid dienone is 2. The van der Waals surface area contributed by atoms with Crippen LogP contribution in [-0.2, 0) is 4.79 Å². The van der Waals surface area contributed by atoms with Crippen LogP contribution in [0.1, 0.15) is 143 Å². The third-order valence-corrected chi connectivity index (χ3v) is 6.43. The number of imide groups is 1. The Bertz CT molecular complexity index is 754. The lowest BCUT2D eigenvalue weighted by molar-refractivity contribution is -0.137. The van der Waals surface area contributed by atoms with Crippen molar-refractivity contribution in [1.29, 1.82) is 0 Å². The molecule has 1 aliphatic heterocycles. The van der Waals surface area contributed by atoms with Crippen LogP contribution in [0, 0.1) is 0 Å². The Kier molecular flexibility index (Phi) is 18.1. The molecule has 0 unspecified atom stereocenters. The maximum atomic E-state index is 11.1. The number of benzene rings is 1. The van der Waals surface area contributed by atoms with Gasteiger partial charge in [-0.2, -0.15) is 0 Å². The summed E-state index contributed by atoms with van der Waals surface area (Å²) in [5.41, 5.74) is 0.509. The van der Waals surface area contributed by atoms with Crippen molar-refractivity contribution in [3.8, 4) is 0 Å². The van der Waals surface area contributed by atoms with E-state index in [-0.39, 0.29) is 16.2 Å². The first-order chi connectivity index (χ1) is 17.5. The van der Waals surface area contributed by atoms with E-state index in [4.69, 9.17) is 10.3 Å². The van der Waals surface area contributed by atoms with Crippen LogP contribution in [0.4, 0.5) is 0 Å². The summed E-state index contributed by atoms with van der Waals surface area (Å²) in [5.74, 6) is -1.97. The second kappa shape index (κ2) is 20.7. The van der Waals surface area contributed by atoms with Crippen LogP contribution in [0.15, 0.2) is 36.4 Å². The Labute approximate surface area is 217 Å². The van der Waals surface area contributed by atoms with Gasteiger partial charge in [0.1, 0.15) is 0 Å². The molecule has 0 bridgehead atoms. The highest BCUT2D eigenvalue weighted by Gasteiger charge is 2.34. The predicted molar refractivity (Wildman–Crippen MR) is 144 cm³/mol. The van der Waals surface area contributed by atoms with E-state index < -0.39 is 17.8 Å². The van der Waals surface area contributed by atoms with Gasteiger partial charge in [0.15, 0.2) is 0 Å². The van der Waals surface area contributed by atoms with Crippen LogP contribution < -0.4 is 0 Å². The van der Waals surface area contributed by atoms with Gasteiger partial charge in [-0.25, -0.2) is 0 Å². The molecule has 0 aromatic heterocycles. The van der Waals surface area contributed by atoms with Gasteiger partial charge in [-0.15, -0.1) is 5.06 Å². The number of amides is 2. The fraction of sp³-hybridized carbons (Fsp3) is 0.633. The first kappa shape index (κ1) is 31.6. The Balaban J connectivity index is 0.000000442. The summed E-state index contributed by atoms with van der Waals surface area (Å²) < 4.78 is 0. The number of carboxylic acids is 1. The second-order valence-corrected chi connectivity index (χ2v) is 9.61. The van der Waals surface area contributed by atoms with Crippen LogP contribution in [0.2, 0.25) is 0 Å². The van der Waals surface area contributed by atoms with Gasteiger partial charge >= 0.3 is 5.97 Å². The molecule has 1 aliphatic rings. The number of hydroxylamine groups is 2. The summed E-state index contributed by atoms with van der Waals surface area (Å²) >= 11 is 0. The fourth-order valence-electron chi connectivity index (χ4n) is 4.23. The van der Waals surface area contributed by atoms with Crippen LogP contribution >= 0.6 is 0 Å². The molecule has 1 aromatic rings. The number of rotatable bonds is 19. The Morgan fingerprint density at radius 3 is 1.50 bits per heavy atom. The molecule has 202 valence electrons. The van der Waals surface area contributed by atoms with Crippen LogP contribution in [-0.4, -0.2) is 33.2 Å². The van der Waals surface area contributed by atoms with Crippen molar-refractivity contribution in [3.05, 3.63) is 47.5 Å². The molecule has 0 fully saturated rings. The van der Waals surface area contributed by atoms with Crippen molar-refractivity contribution in [3.63, 3.8) is 0 Å². The molecule has 0 saturated carbocycles. The van der Waals surface area contributed by atoms with E-state index in [1.54, 1.807) is 12.1 Å². The number of carbonyl (C=O) groups excluding carboxylic acids is 2. The number of hydrogen-bond donors (Lipinski definition) is 2. The normalized spacial score (nSPS) is 12.7.